The van der Waals surface area contributed by atoms with Gasteiger partial charge in [-0.15, -0.1) is 11.3 Å². The van der Waals surface area contributed by atoms with Crippen molar-refractivity contribution in [3.63, 3.8) is 0 Å². The normalized spacial score (nSPS) is 15.5. The highest BCUT2D eigenvalue weighted by Gasteiger charge is 2.27. The van der Waals surface area contributed by atoms with Crippen molar-refractivity contribution in [2.75, 3.05) is 20.2 Å². The molecule has 1 aromatic carbocycles. The standard InChI is InChI=1S/C20H26N2O4S2/c1-26-15-17-7-5-16(6-8-17)14-21-19(23)13-18-9-10-20(27-18)28(24,25)22-11-3-2-4-12-22/h5-10H,2-4,11-15H2,1H3,(H,21,23). The average Bonchev–Trinajstić information content (AvgIpc) is 3.18. The fourth-order valence-corrected chi connectivity index (χ4v) is 6.19. The van der Waals surface area contributed by atoms with Gasteiger partial charge >= 0.3 is 0 Å². The number of nitrogens with zero attached hydrogens (tertiary/aromatic N) is 1. The first-order chi connectivity index (χ1) is 13.5. The van der Waals surface area contributed by atoms with Gasteiger partial charge in [-0.25, -0.2) is 8.42 Å². The van der Waals surface area contributed by atoms with Gasteiger partial charge in [0.05, 0.1) is 13.0 Å². The number of hydrogen-bond donors (Lipinski definition) is 1. The van der Waals surface area contributed by atoms with Crippen LogP contribution in [0.1, 0.15) is 35.3 Å². The Kier molecular flexibility index (Phi) is 7.23. The van der Waals surface area contributed by atoms with Crippen LogP contribution in [0.4, 0.5) is 0 Å². The summed E-state index contributed by atoms with van der Waals surface area (Å²) < 4.78 is 32.4. The maximum Gasteiger partial charge on any atom is 0.252 e. The first-order valence-electron chi connectivity index (χ1n) is 9.41. The van der Waals surface area contributed by atoms with Crippen LogP contribution >= 0.6 is 11.3 Å². The van der Waals surface area contributed by atoms with Crippen LogP contribution in [0.25, 0.3) is 0 Å². The summed E-state index contributed by atoms with van der Waals surface area (Å²) in [7, 11) is -1.78. The van der Waals surface area contributed by atoms with Gasteiger partial charge in [-0.2, -0.15) is 4.31 Å². The maximum absolute atomic E-state index is 12.7. The summed E-state index contributed by atoms with van der Waals surface area (Å²) in [5.41, 5.74) is 2.09. The second-order valence-corrected chi connectivity index (χ2v) is 10.2. The number of rotatable bonds is 8. The fourth-order valence-electron chi connectivity index (χ4n) is 3.17. The predicted octanol–water partition coefficient (Wildman–Crippen LogP) is 2.93. The van der Waals surface area contributed by atoms with E-state index >= 15 is 0 Å². The molecule has 6 nitrogen and oxygen atoms in total. The molecule has 0 spiro atoms. The summed E-state index contributed by atoms with van der Waals surface area (Å²) in [6, 6.07) is 11.2. The van der Waals surface area contributed by atoms with Crippen LogP contribution in [0.2, 0.25) is 0 Å². The topological polar surface area (TPSA) is 75.7 Å². The second kappa shape index (κ2) is 9.65. The van der Waals surface area contributed by atoms with E-state index in [4.69, 9.17) is 4.74 Å². The summed E-state index contributed by atoms with van der Waals surface area (Å²) >= 11 is 1.19. The maximum atomic E-state index is 12.7. The van der Waals surface area contributed by atoms with Gasteiger partial charge in [0.25, 0.3) is 10.0 Å². The van der Waals surface area contributed by atoms with E-state index in [-0.39, 0.29) is 12.3 Å². The number of ether oxygens (including phenoxy) is 1. The van der Waals surface area contributed by atoms with Crippen molar-refractivity contribution in [1.29, 1.82) is 0 Å². The lowest BCUT2D eigenvalue weighted by atomic mass is 10.1. The molecule has 0 radical (unpaired) electrons. The SMILES string of the molecule is COCc1ccc(CNC(=O)Cc2ccc(S(=O)(=O)N3CCCCC3)s2)cc1. The fraction of sp³-hybridized carbons (Fsp3) is 0.450. The molecule has 1 saturated heterocycles. The van der Waals surface area contributed by atoms with Gasteiger partial charge < -0.3 is 10.1 Å². The molecule has 1 N–H and O–H groups in total. The molecule has 1 aromatic heterocycles. The molecule has 2 aromatic rings. The monoisotopic (exact) mass is 422 g/mol. The van der Waals surface area contributed by atoms with Gasteiger partial charge in [0.2, 0.25) is 5.91 Å². The number of carbonyl (C=O) groups excluding carboxylic acids is 1. The minimum atomic E-state index is -3.43. The van der Waals surface area contributed by atoms with Crippen LogP contribution in [-0.2, 0) is 39.1 Å². The molecule has 3 rings (SSSR count). The third kappa shape index (κ3) is 5.41. The molecule has 1 amide bonds. The number of methoxy groups -OCH3 is 1. The Morgan fingerprint density at radius 3 is 2.43 bits per heavy atom. The van der Waals surface area contributed by atoms with Crippen molar-refractivity contribution in [1.82, 2.24) is 9.62 Å². The summed E-state index contributed by atoms with van der Waals surface area (Å²) in [5.74, 6) is -0.121. The lowest BCUT2D eigenvalue weighted by molar-refractivity contribution is -0.120. The quantitative estimate of drug-likeness (QED) is 0.710. The minimum Gasteiger partial charge on any atom is -0.380 e. The van der Waals surface area contributed by atoms with Gasteiger partial charge in [0.15, 0.2) is 0 Å². The molecule has 0 aliphatic carbocycles. The molecule has 0 saturated carbocycles. The van der Waals surface area contributed by atoms with Crippen molar-refractivity contribution >= 4 is 27.3 Å². The highest BCUT2D eigenvalue weighted by molar-refractivity contribution is 7.91. The number of hydrogen-bond acceptors (Lipinski definition) is 5. The number of piperidine rings is 1. The smallest absolute Gasteiger partial charge is 0.252 e. The largest absolute Gasteiger partial charge is 0.380 e. The molecular weight excluding hydrogens is 396 g/mol. The van der Waals surface area contributed by atoms with Crippen LogP contribution in [0.5, 0.6) is 0 Å². The Bertz CT molecular complexity index is 885. The summed E-state index contributed by atoms with van der Waals surface area (Å²) in [6.07, 6.45) is 3.08. The van der Waals surface area contributed by atoms with Crippen LogP contribution in [-0.4, -0.2) is 38.8 Å². The Morgan fingerprint density at radius 1 is 1.07 bits per heavy atom. The van der Waals surface area contributed by atoms with Crippen molar-refractivity contribution < 1.29 is 17.9 Å². The first-order valence-corrected chi connectivity index (χ1v) is 11.7. The van der Waals surface area contributed by atoms with E-state index in [1.807, 2.05) is 24.3 Å². The molecule has 28 heavy (non-hydrogen) atoms. The molecule has 1 aliphatic heterocycles. The lowest BCUT2D eigenvalue weighted by Gasteiger charge is -2.25. The highest BCUT2D eigenvalue weighted by Crippen LogP contribution is 2.27. The van der Waals surface area contributed by atoms with Gasteiger partial charge in [-0.3, -0.25) is 4.79 Å². The molecular formula is C20H26N2O4S2. The second-order valence-electron chi connectivity index (χ2n) is 6.89. The van der Waals surface area contributed by atoms with Gasteiger partial charge in [0.1, 0.15) is 4.21 Å². The van der Waals surface area contributed by atoms with Crippen molar-refractivity contribution in [2.24, 2.45) is 0 Å². The predicted molar refractivity (Wildman–Crippen MR) is 110 cm³/mol. The van der Waals surface area contributed by atoms with Gasteiger partial charge in [0, 0.05) is 31.6 Å². The Hall–Kier alpha value is -1.74. The molecule has 8 heteroatoms. The number of carbonyl (C=O) groups is 1. The molecule has 0 atom stereocenters. The number of benzene rings is 1. The van der Waals surface area contributed by atoms with Crippen LogP contribution in [0, 0.1) is 0 Å². The number of amides is 1. The number of thiophene rings is 1. The van der Waals surface area contributed by atoms with E-state index in [0.29, 0.717) is 30.5 Å². The van der Waals surface area contributed by atoms with Crippen molar-refractivity contribution in [2.45, 2.75) is 43.0 Å². The lowest BCUT2D eigenvalue weighted by Crippen LogP contribution is -2.35. The van der Waals surface area contributed by atoms with E-state index in [9.17, 15) is 13.2 Å². The zero-order valence-corrected chi connectivity index (χ0v) is 17.7. The summed E-state index contributed by atoms with van der Waals surface area (Å²) in [6.45, 7) is 2.17. The number of sulfonamides is 1. The van der Waals surface area contributed by atoms with Crippen molar-refractivity contribution in [3.05, 3.63) is 52.4 Å². The Balaban J connectivity index is 1.53. The van der Waals surface area contributed by atoms with E-state index in [1.54, 1.807) is 23.5 Å². The van der Waals surface area contributed by atoms with Crippen LogP contribution in [0.15, 0.2) is 40.6 Å². The van der Waals surface area contributed by atoms with Gasteiger partial charge in [-0.1, -0.05) is 30.7 Å². The molecule has 0 bridgehead atoms. The summed E-state index contributed by atoms with van der Waals surface area (Å²) in [4.78, 5) is 13.0. The number of nitrogens with one attached hydrogen (secondary N) is 1. The minimum absolute atomic E-state index is 0.121. The van der Waals surface area contributed by atoms with Crippen LogP contribution < -0.4 is 5.32 Å². The van der Waals surface area contributed by atoms with Gasteiger partial charge in [-0.05, 0) is 36.1 Å². The van der Waals surface area contributed by atoms with Crippen molar-refractivity contribution in [3.8, 4) is 0 Å². The highest BCUT2D eigenvalue weighted by atomic mass is 32.2. The van der Waals surface area contributed by atoms with E-state index in [0.717, 1.165) is 35.3 Å². The molecule has 152 valence electrons. The zero-order valence-electron chi connectivity index (χ0n) is 16.0. The average molecular weight is 423 g/mol. The molecule has 2 heterocycles. The Labute approximate surface area is 170 Å². The zero-order chi connectivity index (χ0) is 20.0. The van der Waals surface area contributed by atoms with E-state index in [2.05, 4.69) is 5.32 Å². The first kappa shape index (κ1) is 21.0. The summed E-state index contributed by atoms with van der Waals surface area (Å²) in [5, 5.41) is 2.89. The van der Waals surface area contributed by atoms with E-state index < -0.39 is 10.0 Å². The Morgan fingerprint density at radius 2 is 1.75 bits per heavy atom. The third-order valence-electron chi connectivity index (χ3n) is 4.70. The third-order valence-corrected chi connectivity index (χ3v) is 8.16. The van der Waals surface area contributed by atoms with E-state index in [1.165, 1.54) is 11.3 Å². The molecule has 0 unspecified atom stereocenters. The molecule has 1 aliphatic rings. The van der Waals surface area contributed by atoms with Crippen LogP contribution in [0.3, 0.4) is 0 Å². The molecule has 1 fully saturated rings.